The Bertz CT molecular complexity index is 369. The first-order valence-corrected chi connectivity index (χ1v) is 5.66. The molecule has 16 heavy (non-hydrogen) atoms. The predicted octanol–water partition coefficient (Wildman–Crippen LogP) is 1.95. The van der Waals surface area contributed by atoms with Crippen molar-refractivity contribution < 1.29 is 4.74 Å². The van der Waals surface area contributed by atoms with E-state index in [0.29, 0.717) is 5.69 Å². The van der Waals surface area contributed by atoms with Gasteiger partial charge in [0.25, 0.3) is 0 Å². The number of anilines is 2. The smallest absolute Gasteiger partial charge is 0.149 e. The second-order valence-corrected chi connectivity index (χ2v) is 4.54. The monoisotopic (exact) mass is 221 g/mol. The van der Waals surface area contributed by atoms with Crippen LogP contribution >= 0.6 is 0 Å². The van der Waals surface area contributed by atoms with Gasteiger partial charge in [0.05, 0.1) is 11.3 Å². The molecule has 2 rings (SSSR count). The van der Waals surface area contributed by atoms with E-state index in [9.17, 15) is 0 Å². The van der Waals surface area contributed by atoms with E-state index >= 15 is 0 Å². The molecule has 1 heterocycles. The van der Waals surface area contributed by atoms with E-state index in [1.165, 1.54) is 6.42 Å². The lowest BCUT2D eigenvalue weighted by Gasteiger charge is -2.40. The van der Waals surface area contributed by atoms with Crippen molar-refractivity contribution in [3.8, 4) is 0 Å². The summed E-state index contributed by atoms with van der Waals surface area (Å²) in [5, 5.41) is 3.27. The van der Waals surface area contributed by atoms with Gasteiger partial charge in [-0.15, -0.1) is 0 Å². The Balaban J connectivity index is 1.99. The Hall–Kier alpha value is -1.29. The van der Waals surface area contributed by atoms with Gasteiger partial charge in [0.2, 0.25) is 0 Å². The Kier molecular flexibility index (Phi) is 3.01. The average Bonchev–Trinajstić information content (AvgIpc) is 2.19. The fourth-order valence-electron chi connectivity index (χ4n) is 2.01. The van der Waals surface area contributed by atoms with E-state index in [2.05, 4.69) is 10.3 Å². The van der Waals surface area contributed by atoms with Gasteiger partial charge in [0.15, 0.2) is 0 Å². The maximum atomic E-state index is 5.89. The molecule has 0 amide bonds. The van der Waals surface area contributed by atoms with Crippen LogP contribution in [0.2, 0.25) is 0 Å². The molecule has 0 radical (unpaired) electrons. The van der Waals surface area contributed by atoms with Crippen molar-refractivity contribution >= 4 is 11.5 Å². The van der Waals surface area contributed by atoms with E-state index in [1.807, 2.05) is 19.2 Å². The average molecular weight is 221 g/mol. The predicted molar refractivity (Wildman–Crippen MR) is 65.5 cm³/mol. The quantitative estimate of drug-likeness (QED) is 0.816. The Morgan fingerprint density at radius 2 is 2.31 bits per heavy atom. The minimum Gasteiger partial charge on any atom is -0.396 e. The molecular weight excluding hydrogens is 202 g/mol. The number of aromatic nitrogens is 1. The molecular formula is C12H19N3O. The third kappa shape index (κ3) is 2.11. The lowest BCUT2D eigenvalue weighted by atomic mass is 9.80. The number of methoxy groups -OCH3 is 1. The number of hydrogen-bond acceptors (Lipinski definition) is 4. The molecule has 3 N–H and O–H groups in total. The molecule has 4 nitrogen and oxygen atoms in total. The molecule has 1 fully saturated rings. The van der Waals surface area contributed by atoms with Crippen molar-refractivity contribution in [2.45, 2.75) is 31.8 Å². The minimum atomic E-state index is -0.000986. The van der Waals surface area contributed by atoms with E-state index in [0.717, 1.165) is 30.8 Å². The van der Waals surface area contributed by atoms with Crippen LogP contribution in [0.4, 0.5) is 11.5 Å². The molecule has 0 bridgehead atoms. The number of pyridine rings is 1. The highest BCUT2D eigenvalue weighted by molar-refractivity contribution is 5.61. The van der Waals surface area contributed by atoms with Gasteiger partial charge in [0, 0.05) is 19.9 Å². The second kappa shape index (κ2) is 4.29. The van der Waals surface area contributed by atoms with Crippen molar-refractivity contribution in [3.63, 3.8) is 0 Å². The third-order valence-electron chi connectivity index (χ3n) is 3.33. The zero-order chi connectivity index (χ0) is 11.6. The number of nitrogen functional groups attached to an aromatic ring is 1. The van der Waals surface area contributed by atoms with Crippen LogP contribution in [0.5, 0.6) is 0 Å². The van der Waals surface area contributed by atoms with Crippen molar-refractivity contribution in [1.29, 1.82) is 0 Å². The Morgan fingerprint density at radius 3 is 2.81 bits per heavy atom. The number of ether oxygens (including phenoxy) is 1. The van der Waals surface area contributed by atoms with E-state index < -0.39 is 0 Å². The van der Waals surface area contributed by atoms with Gasteiger partial charge in [-0.3, -0.25) is 0 Å². The standard InChI is InChI=1S/C12H19N3O/c1-9-6-10(13)11(14-7-9)15-8-12(16-2)4-3-5-12/h6-7H,3-5,8,13H2,1-2H3,(H,14,15). The lowest BCUT2D eigenvalue weighted by Crippen LogP contribution is -2.45. The lowest BCUT2D eigenvalue weighted by molar-refractivity contribution is -0.0601. The van der Waals surface area contributed by atoms with Crippen LogP contribution in [0.15, 0.2) is 12.3 Å². The molecule has 0 atom stereocenters. The molecule has 0 aliphatic heterocycles. The van der Waals surface area contributed by atoms with E-state index in [1.54, 1.807) is 7.11 Å². The number of hydrogen-bond donors (Lipinski definition) is 2. The van der Waals surface area contributed by atoms with Crippen molar-refractivity contribution in [3.05, 3.63) is 17.8 Å². The fraction of sp³-hybridized carbons (Fsp3) is 0.583. The molecule has 4 heteroatoms. The highest BCUT2D eigenvalue weighted by atomic mass is 16.5. The molecule has 0 saturated heterocycles. The van der Waals surface area contributed by atoms with Crippen LogP contribution < -0.4 is 11.1 Å². The topological polar surface area (TPSA) is 60.2 Å². The third-order valence-corrected chi connectivity index (χ3v) is 3.33. The maximum Gasteiger partial charge on any atom is 0.149 e. The Morgan fingerprint density at radius 1 is 1.56 bits per heavy atom. The molecule has 0 spiro atoms. The van der Waals surface area contributed by atoms with Gasteiger partial charge in [-0.2, -0.15) is 0 Å². The van der Waals surface area contributed by atoms with Gasteiger partial charge in [-0.05, 0) is 37.8 Å². The zero-order valence-electron chi connectivity index (χ0n) is 9.92. The van der Waals surface area contributed by atoms with E-state index in [4.69, 9.17) is 10.5 Å². The molecule has 0 unspecified atom stereocenters. The van der Waals surface area contributed by atoms with Crippen molar-refractivity contribution in [2.75, 3.05) is 24.7 Å². The van der Waals surface area contributed by atoms with Gasteiger partial charge >= 0.3 is 0 Å². The van der Waals surface area contributed by atoms with E-state index in [-0.39, 0.29) is 5.60 Å². The number of aryl methyl sites for hydroxylation is 1. The van der Waals surface area contributed by atoms with Gasteiger partial charge in [-0.25, -0.2) is 4.98 Å². The first-order chi connectivity index (χ1) is 7.65. The van der Waals surface area contributed by atoms with Crippen LogP contribution in [0, 0.1) is 6.92 Å². The normalized spacial score (nSPS) is 17.9. The second-order valence-electron chi connectivity index (χ2n) is 4.54. The molecule has 88 valence electrons. The van der Waals surface area contributed by atoms with Crippen molar-refractivity contribution in [1.82, 2.24) is 4.98 Å². The van der Waals surface area contributed by atoms with Crippen LogP contribution in [0.1, 0.15) is 24.8 Å². The molecule has 1 aromatic heterocycles. The minimum absolute atomic E-state index is 0.000986. The number of nitrogens with zero attached hydrogens (tertiary/aromatic N) is 1. The highest BCUT2D eigenvalue weighted by Gasteiger charge is 2.36. The van der Waals surface area contributed by atoms with Gasteiger partial charge < -0.3 is 15.8 Å². The fourth-order valence-corrected chi connectivity index (χ4v) is 2.01. The molecule has 1 aliphatic rings. The number of rotatable bonds is 4. The van der Waals surface area contributed by atoms with Crippen LogP contribution in [0.25, 0.3) is 0 Å². The summed E-state index contributed by atoms with van der Waals surface area (Å²) < 4.78 is 5.53. The largest absolute Gasteiger partial charge is 0.396 e. The SMILES string of the molecule is COC1(CNc2ncc(C)cc2N)CCC1. The first kappa shape index (κ1) is 11.2. The summed E-state index contributed by atoms with van der Waals surface area (Å²) in [6, 6.07) is 1.93. The molecule has 1 aliphatic carbocycles. The summed E-state index contributed by atoms with van der Waals surface area (Å²) in [5.74, 6) is 0.758. The maximum absolute atomic E-state index is 5.89. The van der Waals surface area contributed by atoms with Crippen molar-refractivity contribution in [2.24, 2.45) is 0 Å². The summed E-state index contributed by atoms with van der Waals surface area (Å²) in [6.07, 6.45) is 5.29. The van der Waals surface area contributed by atoms with Gasteiger partial charge in [0.1, 0.15) is 5.82 Å². The summed E-state index contributed by atoms with van der Waals surface area (Å²) >= 11 is 0. The zero-order valence-corrected chi connectivity index (χ0v) is 9.92. The first-order valence-electron chi connectivity index (χ1n) is 5.66. The summed E-state index contributed by atoms with van der Waals surface area (Å²) in [7, 11) is 1.77. The van der Waals surface area contributed by atoms with Gasteiger partial charge in [-0.1, -0.05) is 0 Å². The number of nitrogens with two attached hydrogens (primary N) is 1. The number of nitrogens with one attached hydrogen (secondary N) is 1. The Labute approximate surface area is 96.2 Å². The molecule has 1 aromatic rings. The molecule has 0 aromatic carbocycles. The van der Waals surface area contributed by atoms with Crippen LogP contribution in [-0.4, -0.2) is 24.2 Å². The van der Waals surface area contributed by atoms with Crippen LogP contribution in [0.3, 0.4) is 0 Å². The summed E-state index contributed by atoms with van der Waals surface area (Å²) in [4.78, 5) is 4.28. The summed E-state index contributed by atoms with van der Waals surface area (Å²) in [5.41, 5.74) is 7.66. The molecule has 1 saturated carbocycles. The van der Waals surface area contributed by atoms with Crippen LogP contribution in [-0.2, 0) is 4.74 Å². The highest BCUT2D eigenvalue weighted by Crippen LogP contribution is 2.35. The summed E-state index contributed by atoms with van der Waals surface area (Å²) in [6.45, 7) is 2.76.